The van der Waals surface area contributed by atoms with Crippen LogP contribution in [-0.4, -0.2) is 36.7 Å². The minimum absolute atomic E-state index is 0.388. The Labute approximate surface area is 106 Å². The molecule has 0 amide bonds. The highest BCUT2D eigenvalue weighted by molar-refractivity contribution is 7.84. The van der Waals surface area contributed by atoms with E-state index in [2.05, 4.69) is 4.18 Å². The van der Waals surface area contributed by atoms with Crippen LogP contribution >= 0.6 is 34.8 Å². The molecule has 0 saturated heterocycles. The summed E-state index contributed by atoms with van der Waals surface area (Å²) in [6.07, 6.45) is 1.65. The molecular weight excluding hydrogens is 285 g/mol. The van der Waals surface area contributed by atoms with Gasteiger partial charge in [-0.15, -0.1) is 0 Å². The molecule has 0 spiro atoms. The second-order valence-corrected chi connectivity index (χ2v) is 7.24. The van der Waals surface area contributed by atoms with E-state index >= 15 is 0 Å². The van der Waals surface area contributed by atoms with Gasteiger partial charge in [-0.05, 0) is 6.42 Å². The minimum atomic E-state index is -3.79. The summed E-state index contributed by atoms with van der Waals surface area (Å²) in [6, 6.07) is 0. The molecule has 0 rings (SSSR count). The smallest absolute Gasteiger partial charge is 0.253 e. The van der Waals surface area contributed by atoms with Gasteiger partial charge in [-0.1, -0.05) is 48.1 Å². The maximum Gasteiger partial charge on any atom is 0.338 e. The highest BCUT2D eigenvalue weighted by Crippen LogP contribution is 2.26. The van der Waals surface area contributed by atoms with E-state index in [-0.39, 0.29) is 0 Å². The third kappa shape index (κ3) is 7.60. The van der Waals surface area contributed by atoms with Crippen molar-refractivity contribution in [3.05, 3.63) is 0 Å². The van der Waals surface area contributed by atoms with Crippen molar-refractivity contribution < 1.29 is 12.6 Å². The molecule has 0 N–H and O–H groups in total. The van der Waals surface area contributed by atoms with Crippen LogP contribution in [0.25, 0.3) is 0 Å². The van der Waals surface area contributed by atoms with Crippen LogP contribution in [0.2, 0.25) is 0 Å². The van der Waals surface area contributed by atoms with E-state index in [9.17, 15) is 8.42 Å². The first-order chi connectivity index (χ1) is 6.69. The molecule has 92 valence electrons. The average Bonchev–Trinajstić information content (AvgIpc) is 2.10. The monoisotopic (exact) mass is 297 g/mol. The molecular formula is C7H14Cl3NO3S. The van der Waals surface area contributed by atoms with Crippen LogP contribution < -0.4 is 0 Å². The third-order valence-corrected chi connectivity index (χ3v) is 3.27. The lowest BCUT2D eigenvalue weighted by Gasteiger charge is -2.18. The summed E-state index contributed by atoms with van der Waals surface area (Å²) in [7, 11) is -2.37. The van der Waals surface area contributed by atoms with Gasteiger partial charge in [0.1, 0.15) is 6.61 Å². The zero-order valence-corrected chi connectivity index (χ0v) is 11.6. The van der Waals surface area contributed by atoms with Gasteiger partial charge in [0.2, 0.25) is 3.79 Å². The molecule has 0 aliphatic carbocycles. The molecule has 0 heterocycles. The number of unbranched alkanes of at least 4 members (excludes halogenated alkanes) is 1. The topological polar surface area (TPSA) is 46.6 Å². The van der Waals surface area contributed by atoms with Crippen LogP contribution in [-0.2, 0) is 14.5 Å². The van der Waals surface area contributed by atoms with Crippen LogP contribution in [0.15, 0.2) is 0 Å². The summed E-state index contributed by atoms with van der Waals surface area (Å²) in [6.45, 7) is 1.86. The zero-order chi connectivity index (χ0) is 12.1. The quantitative estimate of drug-likeness (QED) is 0.707. The van der Waals surface area contributed by atoms with Gasteiger partial charge in [-0.3, -0.25) is 4.18 Å². The maximum atomic E-state index is 11.4. The van der Waals surface area contributed by atoms with Crippen LogP contribution in [0.4, 0.5) is 0 Å². The van der Waals surface area contributed by atoms with Crippen LogP contribution in [0.5, 0.6) is 0 Å². The molecule has 4 nitrogen and oxygen atoms in total. The van der Waals surface area contributed by atoms with Crippen molar-refractivity contribution in [1.29, 1.82) is 0 Å². The largest absolute Gasteiger partial charge is 0.338 e. The number of alkyl halides is 3. The van der Waals surface area contributed by atoms with E-state index in [0.29, 0.717) is 6.54 Å². The summed E-state index contributed by atoms with van der Waals surface area (Å²) >= 11 is 16.1. The van der Waals surface area contributed by atoms with Gasteiger partial charge in [0.15, 0.2) is 0 Å². The summed E-state index contributed by atoms with van der Waals surface area (Å²) in [5.74, 6) is 0. The van der Waals surface area contributed by atoms with Crippen molar-refractivity contribution in [2.24, 2.45) is 0 Å². The molecule has 0 unspecified atom stereocenters. The summed E-state index contributed by atoms with van der Waals surface area (Å²) < 4.78 is 26.7. The number of nitrogens with zero attached hydrogens (tertiary/aromatic N) is 1. The number of rotatable bonds is 6. The molecule has 0 radical (unpaired) electrons. The van der Waals surface area contributed by atoms with Crippen LogP contribution in [0.3, 0.4) is 0 Å². The van der Waals surface area contributed by atoms with E-state index < -0.39 is 20.7 Å². The van der Waals surface area contributed by atoms with Crippen molar-refractivity contribution >= 4 is 45.1 Å². The fourth-order valence-electron chi connectivity index (χ4n) is 0.724. The van der Waals surface area contributed by atoms with Crippen molar-refractivity contribution in [3.63, 3.8) is 0 Å². The Morgan fingerprint density at radius 1 is 1.33 bits per heavy atom. The number of halogens is 3. The van der Waals surface area contributed by atoms with Crippen molar-refractivity contribution in [3.8, 4) is 0 Å². The van der Waals surface area contributed by atoms with Gasteiger partial charge in [-0.2, -0.15) is 12.7 Å². The molecule has 0 aliphatic heterocycles. The number of hydrogen-bond acceptors (Lipinski definition) is 3. The SMILES string of the molecule is CCCCN(C)S(=O)(=O)OCC(Cl)(Cl)Cl. The van der Waals surface area contributed by atoms with Gasteiger partial charge >= 0.3 is 10.3 Å². The van der Waals surface area contributed by atoms with Gasteiger partial charge in [0.05, 0.1) is 0 Å². The minimum Gasteiger partial charge on any atom is -0.253 e. The van der Waals surface area contributed by atoms with Crippen LogP contribution in [0.1, 0.15) is 19.8 Å². The summed E-state index contributed by atoms with van der Waals surface area (Å²) in [5.41, 5.74) is 0. The highest BCUT2D eigenvalue weighted by atomic mass is 35.6. The Hall–Kier alpha value is 0.740. The Morgan fingerprint density at radius 2 is 1.87 bits per heavy atom. The Morgan fingerprint density at radius 3 is 2.27 bits per heavy atom. The van der Waals surface area contributed by atoms with E-state index in [1.165, 1.54) is 7.05 Å². The van der Waals surface area contributed by atoms with Gasteiger partial charge in [0.25, 0.3) is 0 Å². The summed E-state index contributed by atoms with van der Waals surface area (Å²) in [4.78, 5) is 0. The van der Waals surface area contributed by atoms with E-state index in [4.69, 9.17) is 34.8 Å². The van der Waals surface area contributed by atoms with E-state index in [1.54, 1.807) is 0 Å². The molecule has 0 fully saturated rings. The lowest BCUT2D eigenvalue weighted by atomic mass is 10.3. The Balaban J connectivity index is 4.18. The zero-order valence-electron chi connectivity index (χ0n) is 8.54. The number of hydrogen-bond donors (Lipinski definition) is 0. The molecule has 0 atom stereocenters. The predicted octanol–water partition coefficient (Wildman–Crippen LogP) is 2.35. The normalized spacial score (nSPS) is 13.5. The fraction of sp³-hybridized carbons (Fsp3) is 1.00. The van der Waals surface area contributed by atoms with Gasteiger partial charge in [-0.25, -0.2) is 0 Å². The van der Waals surface area contributed by atoms with Crippen molar-refractivity contribution in [1.82, 2.24) is 4.31 Å². The average molecular weight is 299 g/mol. The molecule has 0 aromatic carbocycles. The van der Waals surface area contributed by atoms with Crippen molar-refractivity contribution in [2.45, 2.75) is 23.6 Å². The molecule has 0 aliphatic rings. The fourth-order valence-corrected chi connectivity index (χ4v) is 1.94. The standard InChI is InChI=1S/C7H14Cl3NO3S/c1-3-4-5-11(2)15(12,13)14-6-7(8,9)10/h3-6H2,1-2H3. The first-order valence-electron chi connectivity index (χ1n) is 4.36. The maximum absolute atomic E-state index is 11.4. The molecule has 0 aromatic rings. The van der Waals surface area contributed by atoms with Crippen molar-refractivity contribution in [2.75, 3.05) is 20.2 Å². The molecule has 0 saturated carbocycles. The third-order valence-electron chi connectivity index (χ3n) is 1.58. The first-order valence-corrected chi connectivity index (χ1v) is 6.86. The molecule has 0 aromatic heterocycles. The Kier molecular flexibility index (Phi) is 6.79. The Bertz CT molecular complexity index is 276. The molecule has 15 heavy (non-hydrogen) atoms. The van der Waals surface area contributed by atoms with Crippen LogP contribution in [0, 0.1) is 0 Å². The second kappa shape index (κ2) is 6.47. The van der Waals surface area contributed by atoms with E-state index in [1.807, 2.05) is 6.92 Å². The predicted molar refractivity (Wildman–Crippen MR) is 62.7 cm³/mol. The lowest BCUT2D eigenvalue weighted by molar-refractivity contribution is 0.283. The second-order valence-electron chi connectivity index (χ2n) is 3.01. The lowest BCUT2D eigenvalue weighted by Crippen LogP contribution is -2.32. The molecule has 0 bridgehead atoms. The summed E-state index contributed by atoms with van der Waals surface area (Å²) in [5, 5.41) is 0. The van der Waals surface area contributed by atoms with E-state index in [0.717, 1.165) is 17.1 Å². The van der Waals surface area contributed by atoms with Gasteiger partial charge < -0.3 is 0 Å². The molecule has 8 heteroatoms. The van der Waals surface area contributed by atoms with Gasteiger partial charge in [0, 0.05) is 13.6 Å². The highest BCUT2D eigenvalue weighted by Gasteiger charge is 2.26. The first kappa shape index (κ1) is 15.7.